The van der Waals surface area contributed by atoms with Crippen LogP contribution in [0.3, 0.4) is 0 Å². The number of ether oxygens (including phenoxy) is 1. The van der Waals surface area contributed by atoms with Gasteiger partial charge in [0.25, 0.3) is 0 Å². The summed E-state index contributed by atoms with van der Waals surface area (Å²) < 4.78 is 31.9. The van der Waals surface area contributed by atoms with Gasteiger partial charge in [-0.25, -0.2) is 8.42 Å². The smallest absolute Gasteiger partial charge is 0.242 e. The van der Waals surface area contributed by atoms with Crippen molar-refractivity contribution in [1.82, 2.24) is 4.31 Å². The summed E-state index contributed by atoms with van der Waals surface area (Å²) >= 11 is 0. The third-order valence-corrected chi connectivity index (χ3v) is 5.46. The van der Waals surface area contributed by atoms with Crippen LogP contribution in [0.2, 0.25) is 0 Å². The van der Waals surface area contributed by atoms with Crippen molar-refractivity contribution in [1.29, 1.82) is 0 Å². The van der Waals surface area contributed by atoms with Crippen LogP contribution in [-0.2, 0) is 14.8 Å². The first-order valence-electron chi connectivity index (χ1n) is 7.46. The number of rotatable bonds is 7. The third kappa shape index (κ3) is 4.18. The number of likely N-dealkylation sites (N-methyl/N-ethyl adjacent to an activating group) is 1. The maximum Gasteiger partial charge on any atom is 0.242 e. The van der Waals surface area contributed by atoms with Crippen molar-refractivity contribution in [3.8, 4) is 0 Å². The summed E-state index contributed by atoms with van der Waals surface area (Å²) in [7, 11) is -1.83. The van der Waals surface area contributed by atoms with E-state index >= 15 is 0 Å². The fraction of sp³-hybridized carbons (Fsp3) is 0.600. The quantitative estimate of drug-likeness (QED) is 0.839. The lowest BCUT2D eigenvalue weighted by Crippen LogP contribution is -2.34. The van der Waals surface area contributed by atoms with Crippen molar-refractivity contribution in [2.75, 3.05) is 32.1 Å². The van der Waals surface area contributed by atoms with E-state index in [1.165, 1.54) is 4.31 Å². The minimum Gasteiger partial charge on any atom is -0.385 e. The second kappa shape index (κ2) is 7.24. The molecule has 1 aliphatic rings. The average Bonchev–Trinajstić information content (AvgIpc) is 2.98. The van der Waals surface area contributed by atoms with Gasteiger partial charge in [-0.1, -0.05) is 6.92 Å². The molecule has 0 saturated carbocycles. The molecule has 1 fully saturated rings. The second-order valence-corrected chi connectivity index (χ2v) is 7.42. The minimum atomic E-state index is -3.44. The van der Waals surface area contributed by atoms with Crippen LogP contribution in [0.25, 0.3) is 0 Å². The van der Waals surface area contributed by atoms with Crippen LogP contribution >= 0.6 is 0 Å². The van der Waals surface area contributed by atoms with Crippen molar-refractivity contribution in [2.24, 2.45) is 0 Å². The van der Waals surface area contributed by atoms with Crippen LogP contribution in [0.5, 0.6) is 0 Å². The summed E-state index contributed by atoms with van der Waals surface area (Å²) in [5.74, 6) is 0. The van der Waals surface area contributed by atoms with Crippen LogP contribution in [0.15, 0.2) is 29.2 Å². The van der Waals surface area contributed by atoms with Crippen LogP contribution in [0.1, 0.15) is 26.2 Å². The fourth-order valence-corrected chi connectivity index (χ4v) is 3.57. The molecule has 2 rings (SSSR count). The molecular weight excluding hydrogens is 288 g/mol. The lowest BCUT2D eigenvalue weighted by atomic mass is 10.2. The Hall–Kier alpha value is -1.11. The number of nitrogens with zero attached hydrogens (tertiary/aromatic N) is 1. The van der Waals surface area contributed by atoms with Gasteiger partial charge >= 0.3 is 0 Å². The monoisotopic (exact) mass is 312 g/mol. The van der Waals surface area contributed by atoms with Crippen molar-refractivity contribution < 1.29 is 13.2 Å². The Kier molecular flexibility index (Phi) is 5.61. The third-order valence-electron chi connectivity index (χ3n) is 3.63. The average molecular weight is 312 g/mol. The van der Waals surface area contributed by atoms with E-state index in [0.29, 0.717) is 11.4 Å². The molecule has 1 unspecified atom stereocenters. The highest BCUT2D eigenvalue weighted by Crippen LogP contribution is 2.20. The second-order valence-electron chi connectivity index (χ2n) is 5.37. The maximum atomic E-state index is 12.5. The summed E-state index contributed by atoms with van der Waals surface area (Å²) in [6, 6.07) is 6.92. The molecule has 21 heavy (non-hydrogen) atoms. The van der Waals surface area contributed by atoms with E-state index < -0.39 is 10.0 Å². The van der Waals surface area contributed by atoms with E-state index in [1.807, 2.05) is 12.1 Å². The summed E-state index contributed by atoms with van der Waals surface area (Å²) in [6.07, 6.45) is 3.00. The molecule has 0 aliphatic carbocycles. The predicted octanol–water partition coefficient (Wildman–Crippen LogP) is 2.31. The maximum absolute atomic E-state index is 12.5. The standard InChI is InChI=1S/C15H24N2O3S/c1-3-10-16-13-6-8-15(9-7-13)21(18,19)17(2)12-14-5-4-11-20-14/h6-9,14,16H,3-5,10-12H2,1-2H3. The lowest BCUT2D eigenvalue weighted by molar-refractivity contribution is 0.0979. The molecule has 118 valence electrons. The first-order valence-corrected chi connectivity index (χ1v) is 8.90. The van der Waals surface area contributed by atoms with Crippen LogP contribution in [-0.4, -0.2) is 45.6 Å². The zero-order valence-corrected chi connectivity index (χ0v) is 13.5. The zero-order chi connectivity index (χ0) is 15.3. The summed E-state index contributed by atoms with van der Waals surface area (Å²) in [5, 5.41) is 3.23. The van der Waals surface area contributed by atoms with Gasteiger partial charge < -0.3 is 10.1 Å². The first-order chi connectivity index (χ1) is 10.0. The van der Waals surface area contributed by atoms with Gasteiger partial charge in [0, 0.05) is 32.4 Å². The molecule has 1 N–H and O–H groups in total. The van der Waals surface area contributed by atoms with Gasteiger partial charge in [-0.05, 0) is 43.5 Å². The summed E-state index contributed by atoms with van der Waals surface area (Å²) in [5.41, 5.74) is 0.942. The lowest BCUT2D eigenvalue weighted by Gasteiger charge is -2.20. The van der Waals surface area contributed by atoms with E-state index in [4.69, 9.17) is 4.74 Å². The molecule has 6 heteroatoms. The molecule has 0 spiro atoms. The molecule has 1 aromatic rings. The molecule has 1 aromatic carbocycles. The van der Waals surface area contributed by atoms with Crippen LogP contribution < -0.4 is 5.32 Å². The van der Waals surface area contributed by atoms with Gasteiger partial charge in [0.15, 0.2) is 0 Å². The number of benzene rings is 1. The normalized spacial score (nSPS) is 19.1. The van der Waals surface area contributed by atoms with E-state index in [1.54, 1.807) is 19.2 Å². The number of anilines is 1. The Balaban J connectivity index is 2.03. The predicted molar refractivity (Wildman–Crippen MR) is 84.0 cm³/mol. The molecule has 0 amide bonds. The number of sulfonamides is 1. The Morgan fingerprint density at radius 1 is 1.33 bits per heavy atom. The van der Waals surface area contributed by atoms with Gasteiger partial charge in [-0.3, -0.25) is 0 Å². The van der Waals surface area contributed by atoms with Crippen molar-refractivity contribution >= 4 is 15.7 Å². The number of hydrogen-bond donors (Lipinski definition) is 1. The molecule has 0 bridgehead atoms. The van der Waals surface area contributed by atoms with Gasteiger partial charge in [-0.2, -0.15) is 4.31 Å². The number of nitrogens with one attached hydrogen (secondary N) is 1. The Labute approximate surface area is 127 Å². The van der Waals surface area contributed by atoms with Crippen LogP contribution in [0, 0.1) is 0 Å². The fourth-order valence-electron chi connectivity index (χ4n) is 2.37. The molecule has 0 radical (unpaired) electrons. The van der Waals surface area contributed by atoms with Crippen molar-refractivity contribution in [3.63, 3.8) is 0 Å². The summed E-state index contributed by atoms with van der Waals surface area (Å²) in [4.78, 5) is 0.324. The molecular formula is C15H24N2O3S. The first kappa shape index (κ1) is 16.3. The SMILES string of the molecule is CCCNc1ccc(S(=O)(=O)N(C)CC2CCCO2)cc1. The highest BCUT2D eigenvalue weighted by Gasteiger charge is 2.25. The molecule has 5 nitrogen and oxygen atoms in total. The van der Waals surface area contributed by atoms with Gasteiger partial charge in [-0.15, -0.1) is 0 Å². The Bertz CT molecular complexity index is 537. The minimum absolute atomic E-state index is 0.0234. The molecule has 1 atom stereocenters. The highest BCUT2D eigenvalue weighted by molar-refractivity contribution is 7.89. The van der Waals surface area contributed by atoms with Gasteiger partial charge in [0.1, 0.15) is 0 Å². The Morgan fingerprint density at radius 3 is 2.62 bits per heavy atom. The highest BCUT2D eigenvalue weighted by atomic mass is 32.2. The van der Waals surface area contributed by atoms with E-state index in [9.17, 15) is 8.42 Å². The summed E-state index contributed by atoms with van der Waals surface area (Å²) in [6.45, 7) is 4.12. The molecule has 1 aliphatic heterocycles. The van der Waals surface area contributed by atoms with Crippen LogP contribution in [0.4, 0.5) is 5.69 Å². The van der Waals surface area contributed by atoms with E-state index in [2.05, 4.69) is 12.2 Å². The largest absolute Gasteiger partial charge is 0.385 e. The van der Waals surface area contributed by atoms with Gasteiger partial charge in [0.05, 0.1) is 11.0 Å². The number of hydrogen-bond acceptors (Lipinski definition) is 4. The topological polar surface area (TPSA) is 58.6 Å². The van der Waals surface area contributed by atoms with Gasteiger partial charge in [0.2, 0.25) is 10.0 Å². The Morgan fingerprint density at radius 2 is 2.05 bits per heavy atom. The molecule has 1 saturated heterocycles. The van der Waals surface area contributed by atoms with E-state index in [0.717, 1.165) is 38.1 Å². The molecule has 1 heterocycles. The van der Waals surface area contributed by atoms with E-state index in [-0.39, 0.29) is 6.10 Å². The molecule has 0 aromatic heterocycles. The van der Waals surface area contributed by atoms with Crippen molar-refractivity contribution in [3.05, 3.63) is 24.3 Å². The van der Waals surface area contributed by atoms with Crippen molar-refractivity contribution in [2.45, 2.75) is 37.2 Å². The zero-order valence-electron chi connectivity index (χ0n) is 12.7.